The van der Waals surface area contributed by atoms with Crippen LogP contribution in [0.1, 0.15) is 12.5 Å². The summed E-state index contributed by atoms with van der Waals surface area (Å²) in [4.78, 5) is 0. The molecule has 1 rings (SSSR count). The van der Waals surface area contributed by atoms with Gasteiger partial charge in [0, 0.05) is 18.3 Å². The molecular formula is C14H17N. The Balaban J connectivity index is 2.90. The molecular weight excluding hydrogens is 182 g/mol. The first-order valence-corrected chi connectivity index (χ1v) is 5.05. The lowest BCUT2D eigenvalue weighted by Crippen LogP contribution is -1.92. The van der Waals surface area contributed by atoms with E-state index in [1.165, 1.54) is 0 Å². The van der Waals surface area contributed by atoms with Crippen LogP contribution >= 0.6 is 0 Å². The normalized spacial score (nSPS) is 11.1. The number of allylic oxidation sites excluding steroid dienone is 5. The van der Waals surface area contributed by atoms with Crippen molar-refractivity contribution in [1.82, 2.24) is 0 Å². The smallest absolute Gasteiger partial charge is 0.0417 e. The highest BCUT2D eigenvalue weighted by Crippen LogP contribution is 2.22. The van der Waals surface area contributed by atoms with Gasteiger partial charge in [-0.15, -0.1) is 0 Å². The molecule has 0 saturated carbocycles. The van der Waals surface area contributed by atoms with Crippen LogP contribution in [0, 0.1) is 0 Å². The Bertz CT molecular complexity index is 386. The van der Waals surface area contributed by atoms with Gasteiger partial charge in [-0.05, 0) is 18.6 Å². The molecule has 0 spiro atoms. The van der Waals surface area contributed by atoms with Crippen LogP contribution in [0.2, 0.25) is 0 Å². The summed E-state index contributed by atoms with van der Waals surface area (Å²) in [5.74, 6) is 0. The standard InChI is InChI=1S/C14H17N/c1-4-5-6-9-12(2)13-10-7-8-11-14(13)15-3/h4-11,15H,2H2,1,3H3/b5-4-,9-6-. The molecule has 0 radical (unpaired) electrons. The number of nitrogens with one attached hydrogen (secondary N) is 1. The molecule has 1 aromatic carbocycles. The second kappa shape index (κ2) is 5.86. The first-order chi connectivity index (χ1) is 7.29. The fourth-order valence-electron chi connectivity index (χ4n) is 1.35. The van der Waals surface area contributed by atoms with Gasteiger partial charge in [0.25, 0.3) is 0 Å². The average Bonchev–Trinajstić information content (AvgIpc) is 2.29. The van der Waals surface area contributed by atoms with E-state index in [0.717, 1.165) is 16.8 Å². The predicted molar refractivity (Wildman–Crippen MR) is 69.0 cm³/mol. The Morgan fingerprint density at radius 2 is 2.00 bits per heavy atom. The van der Waals surface area contributed by atoms with Crippen LogP contribution < -0.4 is 5.32 Å². The largest absolute Gasteiger partial charge is 0.388 e. The van der Waals surface area contributed by atoms with E-state index in [1.807, 2.05) is 56.5 Å². The number of benzene rings is 1. The fourth-order valence-corrected chi connectivity index (χ4v) is 1.35. The molecule has 78 valence electrons. The van der Waals surface area contributed by atoms with Crippen molar-refractivity contribution >= 4 is 11.3 Å². The Hall–Kier alpha value is -1.76. The van der Waals surface area contributed by atoms with Crippen molar-refractivity contribution in [2.45, 2.75) is 6.92 Å². The topological polar surface area (TPSA) is 12.0 Å². The van der Waals surface area contributed by atoms with Gasteiger partial charge < -0.3 is 5.32 Å². The third-order valence-electron chi connectivity index (χ3n) is 2.14. The molecule has 1 heteroatoms. The second-order valence-electron chi connectivity index (χ2n) is 3.21. The minimum atomic E-state index is 1.01. The van der Waals surface area contributed by atoms with Gasteiger partial charge >= 0.3 is 0 Å². The molecule has 0 aliphatic carbocycles. The predicted octanol–water partition coefficient (Wildman–Crippen LogP) is 3.87. The molecule has 0 amide bonds. The monoisotopic (exact) mass is 199 g/mol. The number of hydrogen-bond donors (Lipinski definition) is 1. The van der Waals surface area contributed by atoms with E-state index in [9.17, 15) is 0 Å². The summed E-state index contributed by atoms with van der Waals surface area (Å²) in [6, 6.07) is 8.14. The molecule has 1 N–H and O–H groups in total. The highest BCUT2D eigenvalue weighted by Gasteiger charge is 1.99. The van der Waals surface area contributed by atoms with Crippen molar-refractivity contribution in [1.29, 1.82) is 0 Å². The number of anilines is 1. The summed E-state index contributed by atoms with van der Waals surface area (Å²) in [5, 5.41) is 3.15. The van der Waals surface area contributed by atoms with Gasteiger partial charge in [-0.3, -0.25) is 0 Å². The third-order valence-corrected chi connectivity index (χ3v) is 2.14. The first kappa shape index (κ1) is 11.3. The molecule has 0 heterocycles. The van der Waals surface area contributed by atoms with Crippen LogP contribution in [0.5, 0.6) is 0 Å². The quantitative estimate of drug-likeness (QED) is 0.726. The summed E-state index contributed by atoms with van der Waals surface area (Å²) in [6.07, 6.45) is 7.99. The highest BCUT2D eigenvalue weighted by atomic mass is 14.8. The van der Waals surface area contributed by atoms with Crippen LogP contribution in [0.15, 0.2) is 55.1 Å². The van der Waals surface area contributed by atoms with Gasteiger partial charge in [-0.1, -0.05) is 49.1 Å². The van der Waals surface area contributed by atoms with Crippen LogP contribution in [0.4, 0.5) is 5.69 Å². The van der Waals surface area contributed by atoms with Crippen molar-refractivity contribution in [3.63, 3.8) is 0 Å². The van der Waals surface area contributed by atoms with Crippen LogP contribution in [-0.4, -0.2) is 7.05 Å². The average molecular weight is 199 g/mol. The third kappa shape index (κ3) is 3.13. The maximum absolute atomic E-state index is 4.04. The molecule has 0 fully saturated rings. The zero-order valence-corrected chi connectivity index (χ0v) is 9.33. The second-order valence-corrected chi connectivity index (χ2v) is 3.21. The lowest BCUT2D eigenvalue weighted by molar-refractivity contribution is 1.48. The van der Waals surface area contributed by atoms with Crippen LogP contribution in [0.3, 0.4) is 0 Å². The van der Waals surface area contributed by atoms with Crippen molar-refractivity contribution in [3.05, 3.63) is 60.7 Å². The molecule has 15 heavy (non-hydrogen) atoms. The van der Waals surface area contributed by atoms with Crippen LogP contribution in [-0.2, 0) is 0 Å². The van der Waals surface area contributed by atoms with E-state index in [4.69, 9.17) is 0 Å². The minimum Gasteiger partial charge on any atom is -0.388 e. The van der Waals surface area contributed by atoms with Crippen LogP contribution in [0.25, 0.3) is 5.57 Å². The van der Waals surface area contributed by atoms with E-state index in [-0.39, 0.29) is 0 Å². The van der Waals surface area contributed by atoms with Crippen molar-refractivity contribution in [2.75, 3.05) is 12.4 Å². The van der Waals surface area contributed by atoms with Gasteiger partial charge in [0.05, 0.1) is 0 Å². The summed E-state index contributed by atoms with van der Waals surface area (Å²) < 4.78 is 0. The molecule has 0 aliphatic rings. The Morgan fingerprint density at radius 1 is 1.27 bits per heavy atom. The summed E-state index contributed by atoms with van der Waals surface area (Å²) in [6.45, 7) is 6.04. The maximum atomic E-state index is 4.04. The van der Waals surface area contributed by atoms with E-state index in [1.54, 1.807) is 0 Å². The Morgan fingerprint density at radius 3 is 2.67 bits per heavy atom. The first-order valence-electron chi connectivity index (χ1n) is 5.05. The van der Waals surface area contributed by atoms with Crippen molar-refractivity contribution in [2.24, 2.45) is 0 Å². The van der Waals surface area contributed by atoms with Crippen molar-refractivity contribution in [3.8, 4) is 0 Å². The molecule has 0 bridgehead atoms. The van der Waals surface area contributed by atoms with Crippen molar-refractivity contribution < 1.29 is 0 Å². The molecule has 0 aromatic heterocycles. The fraction of sp³-hybridized carbons (Fsp3) is 0.143. The lowest BCUT2D eigenvalue weighted by Gasteiger charge is -2.07. The minimum absolute atomic E-state index is 1.01. The Labute approximate surface area is 91.8 Å². The van der Waals surface area contributed by atoms with Gasteiger partial charge in [-0.25, -0.2) is 0 Å². The molecule has 1 aromatic rings. The zero-order chi connectivity index (χ0) is 11.1. The zero-order valence-electron chi connectivity index (χ0n) is 9.33. The van der Waals surface area contributed by atoms with Gasteiger partial charge in [-0.2, -0.15) is 0 Å². The maximum Gasteiger partial charge on any atom is 0.0417 e. The van der Waals surface area contributed by atoms with E-state index < -0.39 is 0 Å². The number of hydrogen-bond acceptors (Lipinski definition) is 1. The van der Waals surface area contributed by atoms with E-state index in [2.05, 4.69) is 18.0 Å². The molecule has 0 saturated heterocycles. The van der Waals surface area contributed by atoms with Gasteiger partial charge in [0.2, 0.25) is 0 Å². The number of rotatable bonds is 4. The van der Waals surface area contributed by atoms with Gasteiger partial charge in [0.15, 0.2) is 0 Å². The molecule has 0 unspecified atom stereocenters. The molecule has 0 atom stereocenters. The molecule has 1 nitrogen and oxygen atoms in total. The van der Waals surface area contributed by atoms with E-state index in [0.29, 0.717) is 0 Å². The molecule has 0 aliphatic heterocycles. The summed E-state index contributed by atoms with van der Waals surface area (Å²) in [7, 11) is 1.92. The summed E-state index contributed by atoms with van der Waals surface area (Å²) >= 11 is 0. The highest BCUT2D eigenvalue weighted by molar-refractivity contribution is 5.80. The van der Waals surface area contributed by atoms with E-state index >= 15 is 0 Å². The lowest BCUT2D eigenvalue weighted by atomic mass is 10.0. The van der Waals surface area contributed by atoms with Gasteiger partial charge in [0.1, 0.15) is 0 Å². The Kier molecular flexibility index (Phi) is 4.42. The summed E-state index contributed by atoms with van der Waals surface area (Å²) in [5.41, 5.74) is 3.26. The number of para-hydroxylation sites is 1. The SMILES string of the molecule is C=C(/C=C\C=C/C)c1ccccc1NC.